The number of benzene rings is 3. The highest BCUT2D eigenvalue weighted by atomic mass is 28.4. The quantitative estimate of drug-likeness (QED) is 0.233. The third-order valence-corrected chi connectivity index (χ3v) is 12.8. The van der Waals surface area contributed by atoms with Crippen LogP contribution in [0.1, 0.15) is 58.9 Å². The first-order valence-corrected chi connectivity index (χ1v) is 16.4. The van der Waals surface area contributed by atoms with E-state index in [9.17, 15) is 5.11 Å². The van der Waals surface area contributed by atoms with Crippen molar-refractivity contribution in [3.05, 3.63) is 120 Å². The lowest BCUT2D eigenvalue weighted by atomic mass is 9.95. The molecular weight excluding hydrogens is 508 g/mol. The largest absolute Gasteiger partial charge is 0.507 e. The third kappa shape index (κ3) is 6.75. The zero-order valence-corrected chi connectivity index (χ0v) is 25.5. The molecule has 4 rings (SSSR count). The van der Waals surface area contributed by atoms with Gasteiger partial charge in [-0.3, -0.25) is 0 Å². The summed E-state index contributed by atoms with van der Waals surface area (Å²) in [5.74, 6) is 0.322. The molecule has 1 aliphatic rings. The van der Waals surface area contributed by atoms with Crippen molar-refractivity contribution in [3.63, 3.8) is 0 Å². The van der Waals surface area contributed by atoms with Gasteiger partial charge in [0.1, 0.15) is 5.75 Å². The molecule has 0 saturated carbocycles. The lowest BCUT2D eigenvalue weighted by molar-refractivity contribution is 0.115. The Labute approximate surface area is 242 Å². The second-order valence-electron chi connectivity index (χ2n) is 11.7. The van der Waals surface area contributed by atoms with E-state index in [4.69, 9.17) is 9.16 Å². The van der Waals surface area contributed by atoms with Gasteiger partial charge in [-0.25, -0.2) is 0 Å². The van der Waals surface area contributed by atoms with E-state index in [1.165, 1.54) is 15.9 Å². The van der Waals surface area contributed by atoms with Crippen LogP contribution < -0.4 is 10.4 Å². The van der Waals surface area contributed by atoms with Crippen LogP contribution in [-0.4, -0.2) is 32.7 Å². The minimum Gasteiger partial charge on any atom is -0.507 e. The summed E-state index contributed by atoms with van der Waals surface area (Å²) in [6.07, 6.45) is 8.16. The Kier molecular flexibility index (Phi) is 10.0. The molecule has 0 amide bonds. The summed E-state index contributed by atoms with van der Waals surface area (Å²) in [5, 5.41) is 12.7. The molecule has 3 aromatic carbocycles. The second-order valence-corrected chi connectivity index (χ2v) is 16.0. The van der Waals surface area contributed by atoms with Gasteiger partial charge in [-0.05, 0) is 51.9 Å². The molecule has 0 aliphatic carbocycles. The highest BCUT2D eigenvalue weighted by Gasteiger charge is 2.50. The van der Waals surface area contributed by atoms with Crippen molar-refractivity contribution in [2.75, 3.05) is 13.2 Å². The van der Waals surface area contributed by atoms with Gasteiger partial charge in [0.2, 0.25) is 0 Å². The van der Waals surface area contributed by atoms with Crippen molar-refractivity contribution >= 4 is 24.8 Å². The summed E-state index contributed by atoms with van der Waals surface area (Å²) in [6.45, 7) is 14.7. The molecule has 1 N–H and O–H groups in total. The summed E-state index contributed by atoms with van der Waals surface area (Å²) >= 11 is 0. The fourth-order valence-electron chi connectivity index (χ4n) is 5.86. The number of aromatic hydroxyl groups is 1. The van der Waals surface area contributed by atoms with Crippen LogP contribution in [0.2, 0.25) is 5.04 Å². The molecule has 0 aromatic heterocycles. The van der Waals surface area contributed by atoms with Gasteiger partial charge in [-0.15, -0.1) is 0 Å². The molecule has 0 fully saturated rings. The van der Waals surface area contributed by atoms with E-state index in [1.54, 1.807) is 6.07 Å². The molecule has 0 radical (unpaired) electrons. The highest BCUT2D eigenvalue weighted by Crippen LogP contribution is 2.38. The van der Waals surface area contributed by atoms with Gasteiger partial charge < -0.3 is 14.3 Å². The van der Waals surface area contributed by atoms with Crippen molar-refractivity contribution in [1.29, 1.82) is 0 Å². The number of allylic oxidation sites excluding steroid dienone is 1. The number of para-hydroxylation sites is 1. The fraction of sp³-hybridized carbons (Fsp3) is 0.333. The number of phenolic OH excluding ortho intramolecular Hbond substituents is 1. The Balaban J connectivity index is 1.52. The zero-order chi connectivity index (χ0) is 28.6. The van der Waals surface area contributed by atoms with Gasteiger partial charge in [0.25, 0.3) is 8.32 Å². The third-order valence-electron chi connectivity index (χ3n) is 7.83. The van der Waals surface area contributed by atoms with Crippen molar-refractivity contribution < 1.29 is 14.3 Å². The van der Waals surface area contributed by atoms with Crippen molar-refractivity contribution in [3.8, 4) is 5.75 Å². The van der Waals surface area contributed by atoms with Crippen LogP contribution in [0, 0.1) is 0 Å². The maximum absolute atomic E-state index is 10.3. The summed E-state index contributed by atoms with van der Waals surface area (Å²) < 4.78 is 13.3. The number of rotatable bonds is 12. The number of phenols is 1. The molecule has 1 aliphatic heterocycles. The minimum atomic E-state index is -2.64. The topological polar surface area (TPSA) is 38.7 Å². The maximum Gasteiger partial charge on any atom is 0.261 e. The van der Waals surface area contributed by atoms with Crippen LogP contribution in [0.4, 0.5) is 0 Å². The normalized spacial score (nSPS) is 16.1. The van der Waals surface area contributed by atoms with Gasteiger partial charge in [-0.1, -0.05) is 137 Å². The molecular formula is C36H44O3Si. The number of hydrogen-bond acceptors (Lipinski definition) is 3. The highest BCUT2D eigenvalue weighted by molar-refractivity contribution is 6.99. The summed E-state index contributed by atoms with van der Waals surface area (Å²) in [5.41, 5.74) is 4.36. The number of ether oxygens (including phenoxy) is 1. The maximum atomic E-state index is 10.3. The number of hydrogen-bond donors (Lipinski definition) is 1. The van der Waals surface area contributed by atoms with Gasteiger partial charge in [-0.2, -0.15) is 0 Å². The van der Waals surface area contributed by atoms with Crippen LogP contribution in [-0.2, 0) is 9.16 Å². The molecule has 0 bridgehead atoms. The van der Waals surface area contributed by atoms with E-state index in [1.807, 2.05) is 18.2 Å². The average molecular weight is 553 g/mol. The molecule has 0 saturated heterocycles. The lowest BCUT2D eigenvalue weighted by Crippen LogP contribution is -2.66. The zero-order valence-electron chi connectivity index (χ0n) is 24.5. The monoisotopic (exact) mass is 552 g/mol. The van der Waals surface area contributed by atoms with E-state index < -0.39 is 8.32 Å². The van der Waals surface area contributed by atoms with E-state index >= 15 is 0 Å². The van der Waals surface area contributed by atoms with Gasteiger partial charge >= 0.3 is 0 Å². The average Bonchev–Trinajstić information content (AvgIpc) is 3.42. The first-order valence-electron chi connectivity index (χ1n) is 14.5. The van der Waals surface area contributed by atoms with E-state index in [-0.39, 0.29) is 11.1 Å². The van der Waals surface area contributed by atoms with Crippen molar-refractivity contribution in [2.45, 2.75) is 64.5 Å². The Bertz CT molecular complexity index is 1280. The summed E-state index contributed by atoms with van der Waals surface area (Å²) in [4.78, 5) is 0. The van der Waals surface area contributed by atoms with E-state index in [0.29, 0.717) is 19.0 Å². The second kappa shape index (κ2) is 13.4. The summed E-state index contributed by atoms with van der Waals surface area (Å²) in [6, 6.07) is 29.0. The Hall–Kier alpha value is -3.18. The molecule has 3 nitrogen and oxygen atoms in total. The fourth-order valence-corrected chi connectivity index (χ4v) is 10.4. The standard InChI is InChI=1S/C36H44O3Si/c1-6-15-29(26-30-16-13-14-21-34(30)37)22-23-35-33(24-25-38-35)28(2)27-39-40(36(3,4)5,31-17-9-7-10-18-31)32-19-11-8-12-20-32/h7-14,16-21,24,26,35,37H,2,6,15,22-23,25,27H2,1,3-5H3/b29-26+. The molecule has 210 valence electrons. The molecule has 0 spiro atoms. The van der Waals surface area contributed by atoms with E-state index in [0.717, 1.165) is 42.4 Å². The minimum absolute atomic E-state index is 0.000111. The molecule has 3 aromatic rings. The lowest BCUT2D eigenvalue weighted by Gasteiger charge is -2.43. The Morgan fingerprint density at radius 3 is 2.12 bits per heavy atom. The van der Waals surface area contributed by atoms with Crippen molar-refractivity contribution in [1.82, 2.24) is 0 Å². The van der Waals surface area contributed by atoms with Gasteiger partial charge in [0, 0.05) is 5.56 Å². The Morgan fingerprint density at radius 1 is 0.950 bits per heavy atom. The van der Waals surface area contributed by atoms with Crippen LogP contribution in [0.25, 0.3) is 6.08 Å². The van der Waals surface area contributed by atoms with Crippen LogP contribution in [0.15, 0.2) is 114 Å². The summed E-state index contributed by atoms with van der Waals surface area (Å²) in [7, 11) is -2.64. The predicted octanol–water partition coefficient (Wildman–Crippen LogP) is 7.81. The van der Waals surface area contributed by atoms with Gasteiger partial charge in [0.05, 0.1) is 19.3 Å². The molecule has 1 unspecified atom stereocenters. The van der Waals surface area contributed by atoms with Crippen molar-refractivity contribution in [2.24, 2.45) is 0 Å². The van der Waals surface area contributed by atoms with Crippen LogP contribution >= 0.6 is 0 Å². The molecule has 4 heteroatoms. The first-order chi connectivity index (χ1) is 19.3. The SMILES string of the molecule is C=C(CO[Si](c1ccccc1)(c1ccccc1)C(C)(C)C)C1=CCOC1CC/C(=C/c1ccccc1O)CCC. The molecule has 1 heterocycles. The smallest absolute Gasteiger partial charge is 0.261 e. The first kappa shape index (κ1) is 29.8. The predicted molar refractivity (Wildman–Crippen MR) is 171 cm³/mol. The van der Waals surface area contributed by atoms with Crippen LogP contribution in [0.5, 0.6) is 5.75 Å². The molecule has 1 atom stereocenters. The van der Waals surface area contributed by atoms with E-state index in [2.05, 4.69) is 107 Å². The Morgan fingerprint density at radius 2 is 1.55 bits per heavy atom. The molecule has 40 heavy (non-hydrogen) atoms. The van der Waals surface area contributed by atoms with Crippen LogP contribution in [0.3, 0.4) is 0 Å². The van der Waals surface area contributed by atoms with Gasteiger partial charge in [0.15, 0.2) is 0 Å².